The topological polar surface area (TPSA) is 86.2 Å². The molecule has 0 bridgehead atoms. The van der Waals surface area contributed by atoms with Crippen molar-refractivity contribution in [2.75, 3.05) is 6.61 Å². The molecule has 1 unspecified atom stereocenters. The Bertz CT molecular complexity index is 494. The first-order chi connectivity index (χ1) is 8.70. The quantitative estimate of drug-likeness (QED) is 0.810. The molecule has 0 spiro atoms. The maximum Gasteiger partial charge on any atom is 0.229 e. The highest BCUT2D eigenvalue weighted by Gasteiger charge is 2.16. The molecule has 0 saturated heterocycles. The third kappa shape index (κ3) is 2.93. The highest BCUT2D eigenvalue weighted by atomic mass is 16.5. The first kappa shape index (κ1) is 12.7. The zero-order valence-electron chi connectivity index (χ0n) is 10.4. The predicted molar refractivity (Wildman–Crippen MR) is 61.5 cm³/mol. The van der Waals surface area contributed by atoms with Crippen molar-refractivity contribution in [3.63, 3.8) is 0 Å². The Morgan fingerprint density at radius 1 is 1.56 bits per heavy atom. The summed E-state index contributed by atoms with van der Waals surface area (Å²) in [5, 5.41) is 17.8. The molecule has 0 aromatic carbocycles. The van der Waals surface area contributed by atoms with Crippen LogP contribution >= 0.6 is 0 Å². The second-order valence-corrected chi connectivity index (χ2v) is 3.84. The molecule has 0 aliphatic heterocycles. The minimum atomic E-state index is -0.710. The Labute approximate surface area is 104 Å². The molecule has 7 heteroatoms. The summed E-state index contributed by atoms with van der Waals surface area (Å²) in [5.41, 5.74) is 0.708. The monoisotopic (exact) mass is 252 g/mol. The van der Waals surface area contributed by atoms with E-state index in [1.165, 1.54) is 0 Å². The molecule has 2 aromatic heterocycles. The van der Waals surface area contributed by atoms with Gasteiger partial charge in [-0.15, -0.1) is 0 Å². The van der Waals surface area contributed by atoms with Crippen molar-refractivity contribution in [3.8, 4) is 0 Å². The fourth-order valence-corrected chi connectivity index (χ4v) is 1.61. The third-order valence-electron chi connectivity index (χ3n) is 2.51. The van der Waals surface area contributed by atoms with Crippen LogP contribution in [0.2, 0.25) is 0 Å². The second kappa shape index (κ2) is 5.74. The maximum absolute atomic E-state index is 10.0. The number of aliphatic hydroxyl groups is 1. The molecule has 0 aliphatic rings. The van der Waals surface area contributed by atoms with Crippen molar-refractivity contribution in [2.45, 2.75) is 26.1 Å². The molecular weight excluding hydrogens is 236 g/mol. The van der Waals surface area contributed by atoms with Crippen molar-refractivity contribution in [1.82, 2.24) is 19.9 Å². The average molecular weight is 252 g/mol. The molecule has 0 saturated carbocycles. The lowest BCUT2D eigenvalue weighted by molar-refractivity contribution is 0.126. The van der Waals surface area contributed by atoms with Gasteiger partial charge in [0.1, 0.15) is 12.7 Å². The van der Waals surface area contributed by atoms with Gasteiger partial charge in [0.2, 0.25) is 5.89 Å². The molecule has 18 heavy (non-hydrogen) atoms. The van der Waals surface area contributed by atoms with Crippen molar-refractivity contribution >= 4 is 0 Å². The molecule has 0 amide bonds. The van der Waals surface area contributed by atoms with Crippen LogP contribution in [0.3, 0.4) is 0 Å². The summed E-state index contributed by atoms with van der Waals surface area (Å²) >= 11 is 0. The first-order valence-corrected chi connectivity index (χ1v) is 5.76. The number of hydrogen-bond donors (Lipinski definition) is 1. The molecule has 0 fully saturated rings. The van der Waals surface area contributed by atoms with Crippen molar-refractivity contribution in [3.05, 3.63) is 29.7 Å². The zero-order valence-corrected chi connectivity index (χ0v) is 10.4. The first-order valence-electron chi connectivity index (χ1n) is 5.76. The molecule has 1 atom stereocenters. The van der Waals surface area contributed by atoms with Gasteiger partial charge in [-0.3, -0.25) is 4.68 Å². The molecule has 2 aromatic rings. The van der Waals surface area contributed by atoms with E-state index >= 15 is 0 Å². The van der Waals surface area contributed by atoms with Gasteiger partial charge in [-0.2, -0.15) is 10.1 Å². The summed E-state index contributed by atoms with van der Waals surface area (Å²) in [6, 6.07) is 1.75. The Morgan fingerprint density at radius 2 is 2.39 bits per heavy atom. The SMILES string of the molecule is CCOCc1noc(CC(O)c2ccnn2C)n1. The number of ether oxygens (including phenoxy) is 1. The Morgan fingerprint density at radius 3 is 3.06 bits per heavy atom. The second-order valence-electron chi connectivity index (χ2n) is 3.84. The number of hydrogen-bond acceptors (Lipinski definition) is 6. The fourth-order valence-electron chi connectivity index (χ4n) is 1.61. The van der Waals surface area contributed by atoms with Gasteiger partial charge >= 0.3 is 0 Å². The van der Waals surface area contributed by atoms with E-state index in [4.69, 9.17) is 9.26 Å². The standard InChI is InChI=1S/C11H16N4O3/c1-3-17-7-10-13-11(18-14-10)6-9(16)8-4-5-12-15(8)2/h4-5,9,16H,3,6-7H2,1-2H3. The molecule has 2 heterocycles. The normalized spacial score (nSPS) is 12.8. The lowest BCUT2D eigenvalue weighted by Gasteiger charge is -2.07. The third-order valence-corrected chi connectivity index (χ3v) is 2.51. The molecule has 7 nitrogen and oxygen atoms in total. The predicted octanol–water partition coefficient (Wildman–Crippen LogP) is 0.616. The van der Waals surface area contributed by atoms with E-state index in [0.717, 1.165) is 0 Å². The van der Waals surface area contributed by atoms with Crippen LogP contribution in [0, 0.1) is 0 Å². The Balaban J connectivity index is 1.97. The highest BCUT2D eigenvalue weighted by molar-refractivity contribution is 5.06. The van der Waals surface area contributed by atoms with E-state index < -0.39 is 6.10 Å². The fraction of sp³-hybridized carbons (Fsp3) is 0.545. The molecule has 98 valence electrons. The van der Waals surface area contributed by atoms with Crippen LogP contribution in [-0.2, 0) is 24.8 Å². The van der Waals surface area contributed by atoms with E-state index in [9.17, 15) is 5.11 Å². The van der Waals surface area contributed by atoms with Crippen LogP contribution < -0.4 is 0 Å². The molecular formula is C11H16N4O3. The van der Waals surface area contributed by atoms with Crippen molar-refractivity contribution in [2.24, 2.45) is 7.05 Å². The number of aromatic nitrogens is 4. The smallest absolute Gasteiger partial charge is 0.229 e. The van der Waals surface area contributed by atoms with Crippen LogP contribution in [0.1, 0.15) is 30.4 Å². The van der Waals surface area contributed by atoms with Gasteiger partial charge in [-0.25, -0.2) is 0 Å². The Kier molecular flexibility index (Phi) is 4.06. The molecule has 0 radical (unpaired) electrons. The number of rotatable bonds is 6. The van der Waals surface area contributed by atoms with E-state index in [0.29, 0.717) is 30.6 Å². The van der Waals surface area contributed by atoms with Gasteiger partial charge in [0, 0.05) is 19.9 Å². The van der Waals surface area contributed by atoms with E-state index in [-0.39, 0.29) is 6.42 Å². The lowest BCUT2D eigenvalue weighted by atomic mass is 10.2. The van der Waals surface area contributed by atoms with Crippen molar-refractivity contribution < 1.29 is 14.4 Å². The summed E-state index contributed by atoms with van der Waals surface area (Å²) in [5.74, 6) is 0.877. The summed E-state index contributed by atoms with van der Waals surface area (Å²) in [6.45, 7) is 2.82. The largest absolute Gasteiger partial charge is 0.386 e. The minimum Gasteiger partial charge on any atom is -0.386 e. The lowest BCUT2D eigenvalue weighted by Crippen LogP contribution is -2.08. The summed E-state index contributed by atoms with van der Waals surface area (Å²) in [4.78, 5) is 4.13. The van der Waals surface area contributed by atoms with E-state index in [2.05, 4.69) is 15.2 Å². The summed E-state index contributed by atoms with van der Waals surface area (Å²) < 4.78 is 11.8. The van der Waals surface area contributed by atoms with Gasteiger partial charge in [0.15, 0.2) is 5.82 Å². The van der Waals surface area contributed by atoms with Crippen LogP contribution in [0.4, 0.5) is 0 Å². The molecule has 0 aliphatic carbocycles. The molecule has 1 N–H and O–H groups in total. The van der Waals surface area contributed by atoms with Gasteiger partial charge in [0.25, 0.3) is 0 Å². The van der Waals surface area contributed by atoms with E-state index in [1.54, 1.807) is 24.0 Å². The Hall–Kier alpha value is -1.73. The molecule has 2 rings (SSSR count). The van der Waals surface area contributed by atoms with Gasteiger partial charge < -0.3 is 14.4 Å². The van der Waals surface area contributed by atoms with Crippen LogP contribution in [0.25, 0.3) is 0 Å². The summed E-state index contributed by atoms with van der Waals surface area (Å²) in [7, 11) is 1.77. The van der Waals surface area contributed by atoms with Gasteiger partial charge in [0.05, 0.1) is 12.1 Å². The number of nitrogens with zero attached hydrogens (tertiary/aromatic N) is 4. The van der Waals surface area contributed by atoms with Crippen LogP contribution in [0.15, 0.2) is 16.8 Å². The van der Waals surface area contributed by atoms with Crippen LogP contribution in [0.5, 0.6) is 0 Å². The number of aliphatic hydroxyl groups excluding tert-OH is 1. The van der Waals surface area contributed by atoms with E-state index in [1.807, 2.05) is 6.92 Å². The van der Waals surface area contributed by atoms with Gasteiger partial charge in [-0.05, 0) is 13.0 Å². The average Bonchev–Trinajstić information content (AvgIpc) is 2.95. The van der Waals surface area contributed by atoms with Gasteiger partial charge in [-0.1, -0.05) is 5.16 Å². The minimum absolute atomic E-state index is 0.263. The highest BCUT2D eigenvalue weighted by Crippen LogP contribution is 2.16. The van der Waals surface area contributed by atoms with Crippen molar-refractivity contribution in [1.29, 1.82) is 0 Å². The zero-order chi connectivity index (χ0) is 13.0. The maximum atomic E-state index is 10.0. The number of aryl methyl sites for hydroxylation is 1. The summed E-state index contributed by atoms with van der Waals surface area (Å²) in [6.07, 6.45) is 1.18. The van der Waals surface area contributed by atoms with Crippen LogP contribution in [-0.4, -0.2) is 31.6 Å².